The fourth-order valence-corrected chi connectivity index (χ4v) is 5.26. The smallest absolute Gasteiger partial charge is 0.243 e. The molecule has 1 N–H and O–H groups in total. The summed E-state index contributed by atoms with van der Waals surface area (Å²) < 4.78 is 29.7. The molecular formula is C21H27N5O2S. The number of piperidine rings is 1. The van der Waals surface area contributed by atoms with Crippen molar-refractivity contribution in [1.82, 2.24) is 13.7 Å². The van der Waals surface area contributed by atoms with Crippen LogP contribution in [-0.2, 0) is 16.6 Å². The van der Waals surface area contributed by atoms with E-state index in [1.807, 2.05) is 60.1 Å². The average Bonchev–Trinajstić information content (AvgIpc) is 3.15. The molecule has 0 saturated carbocycles. The first-order chi connectivity index (χ1) is 13.9. The molecule has 29 heavy (non-hydrogen) atoms. The third kappa shape index (κ3) is 4.09. The number of aromatic nitrogens is 2. The van der Waals surface area contributed by atoms with Gasteiger partial charge in [0.1, 0.15) is 5.65 Å². The molecular weight excluding hydrogens is 386 g/mol. The maximum absolute atomic E-state index is 13.1. The highest BCUT2D eigenvalue weighted by atomic mass is 32.2. The number of nitrogens with one attached hydrogen (secondary N) is 1. The second-order valence-electron chi connectivity index (χ2n) is 7.59. The fourth-order valence-electron chi connectivity index (χ4n) is 3.72. The summed E-state index contributed by atoms with van der Waals surface area (Å²) in [6.07, 6.45) is 6.88. The minimum Gasteiger partial charge on any atom is -0.378 e. The van der Waals surface area contributed by atoms with Crippen molar-refractivity contribution >= 4 is 27.0 Å². The second kappa shape index (κ2) is 8.04. The van der Waals surface area contributed by atoms with E-state index in [9.17, 15) is 8.42 Å². The zero-order chi connectivity index (χ0) is 20.4. The van der Waals surface area contributed by atoms with Crippen LogP contribution in [-0.4, -0.2) is 49.3 Å². The minimum atomic E-state index is -3.48. The molecule has 1 aliphatic rings. The number of sulfonamides is 1. The first-order valence-electron chi connectivity index (χ1n) is 9.93. The zero-order valence-electron chi connectivity index (χ0n) is 16.9. The van der Waals surface area contributed by atoms with Gasteiger partial charge in [-0.25, -0.2) is 13.4 Å². The Balaban J connectivity index is 1.61. The Kier molecular flexibility index (Phi) is 5.47. The van der Waals surface area contributed by atoms with Crippen LogP contribution in [0.1, 0.15) is 25.0 Å². The average molecular weight is 414 g/mol. The van der Waals surface area contributed by atoms with E-state index in [0.29, 0.717) is 24.5 Å². The summed E-state index contributed by atoms with van der Waals surface area (Å²) >= 11 is 0. The number of hydrogen-bond donors (Lipinski definition) is 1. The summed E-state index contributed by atoms with van der Waals surface area (Å²) in [7, 11) is 0.422. The second-order valence-corrected chi connectivity index (χ2v) is 9.53. The molecule has 1 saturated heterocycles. The van der Waals surface area contributed by atoms with Gasteiger partial charge in [0.2, 0.25) is 10.0 Å². The molecule has 0 atom stereocenters. The van der Waals surface area contributed by atoms with Crippen LogP contribution in [0.2, 0.25) is 0 Å². The summed E-state index contributed by atoms with van der Waals surface area (Å²) in [5.41, 5.74) is 3.50. The van der Waals surface area contributed by atoms with E-state index in [1.165, 1.54) is 0 Å². The number of rotatable bonds is 6. The Morgan fingerprint density at radius 1 is 1.10 bits per heavy atom. The maximum Gasteiger partial charge on any atom is 0.243 e. The van der Waals surface area contributed by atoms with Gasteiger partial charge in [-0.1, -0.05) is 12.5 Å². The van der Waals surface area contributed by atoms with E-state index in [4.69, 9.17) is 0 Å². The van der Waals surface area contributed by atoms with Gasteiger partial charge in [0.25, 0.3) is 0 Å². The van der Waals surface area contributed by atoms with Gasteiger partial charge in [0.05, 0.1) is 28.5 Å². The number of pyridine rings is 1. The molecule has 1 aliphatic heterocycles. The normalized spacial score (nSPS) is 15.5. The highest BCUT2D eigenvalue weighted by molar-refractivity contribution is 7.89. The summed E-state index contributed by atoms with van der Waals surface area (Å²) in [5.74, 6) is 0. The quantitative estimate of drug-likeness (QED) is 0.672. The third-order valence-electron chi connectivity index (χ3n) is 5.28. The van der Waals surface area contributed by atoms with E-state index in [2.05, 4.69) is 10.3 Å². The van der Waals surface area contributed by atoms with Gasteiger partial charge in [-0.15, -0.1) is 0 Å². The fraction of sp³-hybridized carbons (Fsp3) is 0.381. The van der Waals surface area contributed by atoms with Crippen LogP contribution in [0, 0.1) is 0 Å². The van der Waals surface area contributed by atoms with Crippen molar-refractivity contribution in [2.75, 3.05) is 37.4 Å². The van der Waals surface area contributed by atoms with Gasteiger partial charge in [-0.2, -0.15) is 4.31 Å². The van der Waals surface area contributed by atoms with E-state index in [0.717, 1.165) is 42.0 Å². The summed E-state index contributed by atoms with van der Waals surface area (Å²) in [6, 6.07) is 11.2. The van der Waals surface area contributed by atoms with E-state index in [1.54, 1.807) is 16.4 Å². The highest BCUT2D eigenvalue weighted by Crippen LogP contribution is 2.30. The van der Waals surface area contributed by atoms with Gasteiger partial charge in [-0.05, 0) is 43.2 Å². The SMILES string of the molecule is CN(C)c1ccc(S(=O)(=O)N2CCCCC2)cc1NCc1cn2ccccc2n1. The third-order valence-corrected chi connectivity index (χ3v) is 7.17. The van der Waals surface area contributed by atoms with Gasteiger partial charge >= 0.3 is 0 Å². The molecule has 0 radical (unpaired) electrons. The molecule has 3 heterocycles. The van der Waals surface area contributed by atoms with Crippen LogP contribution in [0.3, 0.4) is 0 Å². The number of imidazole rings is 1. The monoisotopic (exact) mass is 413 g/mol. The lowest BCUT2D eigenvalue weighted by molar-refractivity contribution is 0.346. The number of anilines is 2. The topological polar surface area (TPSA) is 70.0 Å². The lowest BCUT2D eigenvalue weighted by Gasteiger charge is -2.27. The molecule has 0 bridgehead atoms. The molecule has 0 spiro atoms. The van der Waals surface area contributed by atoms with Crippen LogP contribution in [0.25, 0.3) is 5.65 Å². The Hall–Kier alpha value is -2.58. The van der Waals surface area contributed by atoms with Crippen molar-refractivity contribution in [3.8, 4) is 0 Å². The number of nitrogens with zero attached hydrogens (tertiary/aromatic N) is 4. The molecule has 1 aromatic carbocycles. The molecule has 0 amide bonds. The predicted octanol–water partition coefficient (Wildman–Crippen LogP) is 3.19. The van der Waals surface area contributed by atoms with Crippen molar-refractivity contribution in [2.45, 2.75) is 30.7 Å². The number of fused-ring (bicyclic) bond motifs is 1. The molecule has 0 unspecified atom stereocenters. The van der Waals surface area contributed by atoms with Crippen LogP contribution in [0.4, 0.5) is 11.4 Å². The predicted molar refractivity (Wildman–Crippen MR) is 116 cm³/mol. The molecule has 2 aromatic heterocycles. The Bertz CT molecular complexity index is 1070. The molecule has 7 nitrogen and oxygen atoms in total. The van der Waals surface area contributed by atoms with Crippen LogP contribution in [0.5, 0.6) is 0 Å². The molecule has 0 aliphatic carbocycles. The molecule has 3 aromatic rings. The van der Waals surface area contributed by atoms with Crippen molar-refractivity contribution in [1.29, 1.82) is 0 Å². The van der Waals surface area contributed by atoms with Crippen molar-refractivity contribution in [3.05, 3.63) is 54.5 Å². The van der Waals surface area contributed by atoms with E-state index >= 15 is 0 Å². The van der Waals surface area contributed by atoms with E-state index < -0.39 is 10.0 Å². The lowest BCUT2D eigenvalue weighted by Crippen LogP contribution is -2.35. The molecule has 8 heteroatoms. The van der Waals surface area contributed by atoms with Crippen LogP contribution in [0.15, 0.2) is 53.7 Å². The highest BCUT2D eigenvalue weighted by Gasteiger charge is 2.26. The van der Waals surface area contributed by atoms with E-state index in [-0.39, 0.29) is 0 Å². The Morgan fingerprint density at radius 3 is 2.62 bits per heavy atom. The largest absolute Gasteiger partial charge is 0.378 e. The van der Waals surface area contributed by atoms with Crippen molar-refractivity contribution < 1.29 is 8.42 Å². The van der Waals surface area contributed by atoms with Gasteiger partial charge in [0.15, 0.2) is 0 Å². The van der Waals surface area contributed by atoms with Gasteiger partial charge in [0, 0.05) is 39.6 Å². The standard InChI is InChI=1S/C21H27N5O2S/c1-24(2)20-10-9-18(29(27,28)26-12-5-3-6-13-26)14-19(20)22-15-17-16-25-11-7-4-8-21(25)23-17/h4,7-11,14,16,22H,3,5-6,12-13,15H2,1-2H3. The van der Waals surface area contributed by atoms with Crippen LogP contribution >= 0.6 is 0 Å². The summed E-state index contributed by atoms with van der Waals surface area (Å²) in [5, 5.41) is 3.39. The van der Waals surface area contributed by atoms with Crippen LogP contribution < -0.4 is 10.2 Å². The van der Waals surface area contributed by atoms with Crippen molar-refractivity contribution in [2.24, 2.45) is 0 Å². The first kappa shape index (κ1) is 19.7. The lowest BCUT2D eigenvalue weighted by atomic mass is 10.2. The van der Waals surface area contributed by atoms with Crippen molar-refractivity contribution in [3.63, 3.8) is 0 Å². The van der Waals surface area contributed by atoms with Gasteiger partial charge < -0.3 is 14.6 Å². The minimum absolute atomic E-state index is 0.336. The van der Waals surface area contributed by atoms with Gasteiger partial charge in [-0.3, -0.25) is 0 Å². The summed E-state index contributed by atoms with van der Waals surface area (Å²) in [4.78, 5) is 6.92. The Labute approximate surface area is 172 Å². The first-order valence-corrected chi connectivity index (χ1v) is 11.4. The number of benzene rings is 1. The molecule has 4 rings (SSSR count). The number of hydrogen-bond acceptors (Lipinski definition) is 5. The zero-order valence-corrected chi connectivity index (χ0v) is 17.7. The summed E-state index contributed by atoms with van der Waals surface area (Å²) in [6.45, 7) is 1.71. The molecule has 1 fully saturated rings. The maximum atomic E-state index is 13.1. The Morgan fingerprint density at radius 2 is 1.90 bits per heavy atom. The molecule has 154 valence electrons.